The van der Waals surface area contributed by atoms with Crippen LogP contribution in [-0.4, -0.2) is 5.11 Å². The molecule has 0 aliphatic carbocycles. The molecule has 0 aliphatic heterocycles. The lowest BCUT2D eigenvalue weighted by Crippen LogP contribution is -2.29. The molecule has 0 radical (unpaired) electrons. The molecule has 126 valence electrons. The zero-order valence-electron chi connectivity index (χ0n) is 12.7. The molecule has 7 heteroatoms. The van der Waals surface area contributed by atoms with Gasteiger partial charge in [0.05, 0.1) is 16.7 Å². The lowest BCUT2D eigenvalue weighted by molar-refractivity contribution is -0.143. The predicted molar refractivity (Wildman–Crippen MR) is 70.1 cm³/mol. The average molecular weight is 328 g/mol. The van der Waals surface area contributed by atoms with Crippen LogP contribution in [0.3, 0.4) is 0 Å². The molecule has 0 saturated carbocycles. The van der Waals surface area contributed by atoms with E-state index in [2.05, 4.69) is 0 Å². The van der Waals surface area contributed by atoms with Crippen LogP contribution in [0, 0.1) is 5.41 Å². The van der Waals surface area contributed by atoms with Gasteiger partial charge in [-0.05, 0) is 42.5 Å². The fourth-order valence-corrected chi connectivity index (χ4v) is 2.40. The first kappa shape index (κ1) is 18.8. The number of aliphatic hydroxyl groups is 1. The van der Waals surface area contributed by atoms with E-state index in [1.165, 1.54) is 6.92 Å². The molecule has 1 N–H and O–H groups in total. The Bertz CT molecular complexity index is 502. The van der Waals surface area contributed by atoms with Crippen molar-refractivity contribution in [3.8, 4) is 0 Å². The molecule has 1 rings (SSSR count). The molecule has 1 atom stereocenters. The first-order valence-corrected chi connectivity index (χ1v) is 6.55. The number of benzene rings is 1. The topological polar surface area (TPSA) is 20.2 Å². The van der Waals surface area contributed by atoms with E-state index >= 15 is 0 Å². The van der Waals surface area contributed by atoms with E-state index in [1.807, 2.05) is 0 Å². The van der Waals surface area contributed by atoms with E-state index in [9.17, 15) is 31.4 Å². The van der Waals surface area contributed by atoms with Crippen molar-refractivity contribution in [2.75, 3.05) is 0 Å². The van der Waals surface area contributed by atoms with Gasteiger partial charge in [-0.15, -0.1) is 0 Å². The van der Waals surface area contributed by atoms with Crippen molar-refractivity contribution in [1.29, 1.82) is 0 Å². The van der Waals surface area contributed by atoms with Gasteiger partial charge in [0.1, 0.15) is 0 Å². The summed E-state index contributed by atoms with van der Waals surface area (Å²) in [5.74, 6) is 0. The summed E-state index contributed by atoms with van der Waals surface area (Å²) < 4.78 is 76.9. The van der Waals surface area contributed by atoms with Crippen LogP contribution >= 0.6 is 0 Å². The Morgan fingerprint density at radius 3 is 1.32 bits per heavy atom. The lowest BCUT2D eigenvalue weighted by atomic mass is 9.78. The summed E-state index contributed by atoms with van der Waals surface area (Å²) in [6.45, 7) is 6.42. The molecule has 0 spiro atoms. The molecule has 0 bridgehead atoms. The van der Waals surface area contributed by atoms with Crippen LogP contribution in [0.5, 0.6) is 0 Å². The molecule has 0 fully saturated rings. The van der Waals surface area contributed by atoms with Gasteiger partial charge in [0.25, 0.3) is 0 Å². The quantitative estimate of drug-likeness (QED) is 0.724. The van der Waals surface area contributed by atoms with Gasteiger partial charge in [-0.3, -0.25) is 0 Å². The molecular weight excluding hydrogens is 310 g/mol. The van der Waals surface area contributed by atoms with Crippen molar-refractivity contribution in [3.05, 3.63) is 34.9 Å². The minimum atomic E-state index is -4.92. The third-order valence-electron chi connectivity index (χ3n) is 3.08. The average Bonchev–Trinajstić information content (AvgIpc) is 2.22. The highest BCUT2D eigenvalue weighted by Crippen LogP contribution is 2.41. The second kappa shape index (κ2) is 5.44. The maximum absolute atomic E-state index is 12.8. The molecule has 1 nitrogen and oxygen atoms in total. The largest absolute Gasteiger partial charge is 0.416 e. The lowest BCUT2D eigenvalue weighted by Gasteiger charge is -2.32. The summed E-state index contributed by atoms with van der Waals surface area (Å²) in [5, 5.41) is 10.4. The monoisotopic (exact) mass is 328 g/mol. The van der Waals surface area contributed by atoms with Crippen LogP contribution in [0.1, 0.15) is 50.8 Å². The van der Waals surface area contributed by atoms with Gasteiger partial charge in [-0.25, -0.2) is 0 Å². The predicted octanol–water partition coefficient (Wildman–Crippen LogP) is 5.37. The standard InChI is InChI=1S/C15H18F6O/c1-12(2,3)8-13(4,22)9-5-10(14(16,17)18)7-11(6-9)15(19,20)21/h5-7,22H,8H2,1-4H3. The minimum absolute atomic E-state index is 0.0125. The number of rotatable bonds is 2. The van der Waals surface area contributed by atoms with Crippen molar-refractivity contribution < 1.29 is 31.4 Å². The highest BCUT2D eigenvalue weighted by Gasteiger charge is 2.39. The van der Waals surface area contributed by atoms with Crippen LogP contribution in [-0.2, 0) is 18.0 Å². The van der Waals surface area contributed by atoms with Crippen molar-refractivity contribution in [1.82, 2.24) is 0 Å². The first-order chi connectivity index (χ1) is 9.52. The van der Waals surface area contributed by atoms with E-state index in [1.54, 1.807) is 20.8 Å². The molecule has 0 heterocycles. The number of hydrogen-bond acceptors (Lipinski definition) is 1. The molecule has 1 aromatic carbocycles. The fourth-order valence-electron chi connectivity index (χ4n) is 2.40. The van der Waals surface area contributed by atoms with E-state index in [0.29, 0.717) is 12.1 Å². The first-order valence-electron chi connectivity index (χ1n) is 6.55. The highest BCUT2D eigenvalue weighted by molar-refractivity contribution is 5.36. The Morgan fingerprint density at radius 1 is 0.727 bits per heavy atom. The summed E-state index contributed by atoms with van der Waals surface area (Å²) in [7, 11) is 0. The Balaban J connectivity index is 3.48. The summed E-state index contributed by atoms with van der Waals surface area (Å²) in [4.78, 5) is 0. The molecule has 1 unspecified atom stereocenters. The minimum Gasteiger partial charge on any atom is -0.385 e. The normalized spacial score (nSPS) is 16.5. The molecule has 1 aromatic rings. The summed E-state index contributed by atoms with van der Waals surface area (Å²) in [5.41, 5.74) is -5.53. The Hall–Kier alpha value is -1.24. The second-order valence-corrected chi connectivity index (χ2v) is 6.81. The molecule has 0 aliphatic rings. The smallest absolute Gasteiger partial charge is 0.385 e. The van der Waals surface area contributed by atoms with Crippen molar-refractivity contribution >= 4 is 0 Å². The Kier molecular flexibility index (Phi) is 4.65. The van der Waals surface area contributed by atoms with Gasteiger partial charge in [0.2, 0.25) is 0 Å². The van der Waals surface area contributed by atoms with Gasteiger partial charge < -0.3 is 5.11 Å². The van der Waals surface area contributed by atoms with Crippen molar-refractivity contribution in [3.63, 3.8) is 0 Å². The number of halogens is 6. The summed E-state index contributed by atoms with van der Waals surface area (Å²) >= 11 is 0. The van der Waals surface area contributed by atoms with Gasteiger partial charge >= 0.3 is 12.4 Å². The number of alkyl halides is 6. The van der Waals surface area contributed by atoms with E-state index in [0.717, 1.165) is 0 Å². The van der Waals surface area contributed by atoms with Crippen LogP contribution in [0.4, 0.5) is 26.3 Å². The van der Waals surface area contributed by atoms with Crippen LogP contribution in [0.25, 0.3) is 0 Å². The zero-order chi connectivity index (χ0) is 17.6. The van der Waals surface area contributed by atoms with Crippen molar-refractivity contribution in [2.24, 2.45) is 5.41 Å². The van der Waals surface area contributed by atoms with Gasteiger partial charge in [0.15, 0.2) is 0 Å². The van der Waals surface area contributed by atoms with Gasteiger partial charge in [-0.2, -0.15) is 26.3 Å². The second-order valence-electron chi connectivity index (χ2n) is 6.81. The summed E-state index contributed by atoms with van der Waals surface area (Å²) in [6, 6.07) is 1.19. The molecule has 0 saturated heterocycles. The van der Waals surface area contributed by atoms with E-state index in [4.69, 9.17) is 0 Å². The van der Waals surface area contributed by atoms with E-state index in [-0.39, 0.29) is 12.5 Å². The van der Waals surface area contributed by atoms with Crippen LogP contribution < -0.4 is 0 Å². The van der Waals surface area contributed by atoms with Crippen LogP contribution in [0.15, 0.2) is 18.2 Å². The Morgan fingerprint density at radius 2 is 1.05 bits per heavy atom. The third-order valence-corrected chi connectivity index (χ3v) is 3.08. The zero-order valence-corrected chi connectivity index (χ0v) is 12.7. The number of hydrogen-bond donors (Lipinski definition) is 1. The van der Waals surface area contributed by atoms with Gasteiger partial charge in [0, 0.05) is 0 Å². The summed E-state index contributed by atoms with van der Waals surface area (Å²) in [6.07, 6.45) is -9.83. The Labute approximate surface area is 125 Å². The SMILES string of the molecule is CC(C)(C)CC(C)(O)c1cc(C(F)(F)F)cc(C(F)(F)F)c1. The fraction of sp³-hybridized carbons (Fsp3) is 0.600. The van der Waals surface area contributed by atoms with E-state index < -0.39 is 40.1 Å². The van der Waals surface area contributed by atoms with Crippen molar-refractivity contribution in [2.45, 2.75) is 52.1 Å². The molecule has 22 heavy (non-hydrogen) atoms. The third kappa shape index (κ3) is 4.90. The maximum atomic E-state index is 12.8. The molecular formula is C15H18F6O. The highest BCUT2D eigenvalue weighted by atomic mass is 19.4. The molecule has 0 amide bonds. The molecule has 0 aromatic heterocycles. The van der Waals surface area contributed by atoms with Crippen LogP contribution in [0.2, 0.25) is 0 Å². The van der Waals surface area contributed by atoms with Gasteiger partial charge in [-0.1, -0.05) is 20.8 Å². The maximum Gasteiger partial charge on any atom is 0.416 e.